The lowest BCUT2D eigenvalue weighted by molar-refractivity contribution is -0.141. The molecule has 10 heteroatoms. The Kier molecular flexibility index (Phi) is 6.71. The minimum absolute atomic E-state index is 0.00283. The van der Waals surface area contributed by atoms with Gasteiger partial charge < -0.3 is 15.0 Å². The van der Waals surface area contributed by atoms with Gasteiger partial charge in [-0.25, -0.2) is 0 Å². The van der Waals surface area contributed by atoms with Crippen LogP contribution >= 0.6 is 11.6 Å². The summed E-state index contributed by atoms with van der Waals surface area (Å²) < 4.78 is 34.5. The van der Waals surface area contributed by atoms with Gasteiger partial charge in [0.25, 0.3) is 15.9 Å². The number of esters is 1. The molecule has 1 atom stereocenters. The molecule has 2 aromatic rings. The predicted molar refractivity (Wildman–Crippen MR) is 125 cm³/mol. The lowest BCUT2D eigenvalue weighted by atomic mass is 10.0. The van der Waals surface area contributed by atoms with Crippen LogP contribution in [0.3, 0.4) is 0 Å². The minimum Gasteiger partial charge on any atom is -0.469 e. The maximum atomic E-state index is 13.1. The first-order valence-corrected chi connectivity index (χ1v) is 12.5. The van der Waals surface area contributed by atoms with Gasteiger partial charge in [0.1, 0.15) is 10.7 Å². The summed E-state index contributed by atoms with van der Waals surface area (Å²) in [6.07, 6.45) is 3.32. The molecule has 1 unspecified atom stereocenters. The van der Waals surface area contributed by atoms with Crippen molar-refractivity contribution in [1.82, 2.24) is 5.32 Å². The third-order valence-electron chi connectivity index (χ3n) is 5.79. The normalized spacial score (nSPS) is 17.6. The number of nitrogens with zero attached hydrogens (tertiary/aromatic N) is 2. The molecule has 1 saturated heterocycles. The number of hydrogen-bond acceptors (Lipinski definition) is 6. The van der Waals surface area contributed by atoms with Crippen LogP contribution in [0.4, 0.5) is 5.69 Å². The number of amides is 1. The van der Waals surface area contributed by atoms with Crippen molar-refractivity contribution in [3.63, 3.8) is 0 Å². The van der Waals surface area contributed by atoms with Crippen LogP contribution < -0.4 is 10.2 Å². The van der Waals surface area contributed by atoms with E-state index in [-0.39, 0.29) is 16.9 Å². The quantitative estimate of drug-likeness (QED) is 0.639. The summed E-state index contributed by atoms with van der Waals surface area (Å²) in [5, 5.41) is 3.18. The average molecular weight is 490 g/mol. The number of ether oxygens (including phenoxy) is 1. The van der Waals surface area contributed by atoms with Crippen LogP contribution in [0.25, 0.3) is 0 Å². The summed E-state index contributed by atoms with van der Waals surface area (Å²) >= 11 is 6.28. The van der Waals surface area contributed by atoms with E-state index in [1.54, 1.807) is 36.4 Å². The highest BCUT2D eigenvalue weighted by molar-refractivity contribution is 7.90. The Morgan fingerprint density at radius 3 is 2.73 bits per heavy atom. The first-order chi connectivity index (χ1) is 15.8. The van der Waals surface area contributed by atoms with Crippen LogP contribution in [-0.2, 0) is 19.6 Å². The molecule has 2 heterocycles. The predicted octanol–water partition coefficient (Wildman–Crippen LogP) is 3.86. The molecule has 33 heavy (non-hydrogen) atoms. The number of sulfonamides is 1. The summed E-state index contributed by atoms with van der Waals surface area (Å²) in [6.45, 7) is 0.681. The second kappa shape index (κ2) is 9.52. The van der Waals surface area contributed by atoms with Crippen LogP contribution in [-0.4, -0.2) is 39.8 Å². The van der Waals surface area contributed by atoms with Crippen molar-refractivity contribution in [2.24, 2.45) is 4.40 Å². The lowest BCUT2D eigenvalue weighted by Crippen LogP contribution is -2.36. The molecule has 2 aliphatic rings. The van der Waals surface area contributed by atoms with Gasteiger partial charge in [0.2, 0.25) is 0 Å². The van der Waals surface area contributed by atoms with Crippen LogP contribution in [0.15, 0.2) is 51.8 Å². The van der Waals surface area contributed by atoms with Gasteiger partial charge >= 0.3 is 5.97 Å². The lowest BCUT2D eigenvalue weighted by Gasteiger charge is -2.29. The summed E-state index contributed by atoms with van der Waals surface area (Å²) in [4.78, 5) is 27.0. The Morgan fingerprint density at radius 2 is 1.97 bits per heavy atom. The standard InChI is InChI=1S/C23H24ClN3O5S/c1-32-22(28)14-18(16-7-4-5-8-17(16)24)25-23(29)15-10-11-19-20(13-15)33(30,31)26-21-9-3-2-6-12-27(19)21/h4-5,7-8,10-11,13,18H,2-3,6,9,12,14H2,1H3,(H,25,29). The van der Waals surface area contributed by atoms with Gasteiger partial charge in [-0.2, -0.15) is 8.42 Å². The van der Waals surface area contributed by atoms with Crippen LogP contribution in [0.5, 0.6) is 0 Å². The van der Waals surface area contributed by atoms with Gasteiger partial charge in [-0.15, -0.1) is 4.40 Å². The number of nitrogens with one attached hydrogen (secondary N) is 1. The number of rotatable bonds is 5. The van der Waals surface area contributed by atoms with Crippen molar-refractivity contribution < 1.29 is 22.7 Å². The number of carbonyl (C=O) groups excluding carboxylic acids is 2. The number of benzene rings is 2. The van der Waals surface area contributed by atoms with E-state index >= 15 is 0 Å². The zero-order valence-electron chi connectivity index (χ0n) is 18.1. The zero-order chi connectivity index (χ0) is 23.6. The maximum Gasteiger partial charge on any atom is 0.307 e. The molecular weight excluding hydrogens is 466 g/mol. The summed E-state index contributed by atoms with van der Waals surface area (Å²) in [5.74, 6) is -0.502. The zero-order valence-corrected chi connectivity index (χ0v) is 19.7. The maximum absolute atomic E-state index is 13.1. The Morgan fingerprint density at radius 1 is 1.18 bits per heavy atom. The van der Waals surface area contributed by atoms with Gasteiger partial charge in [0.15, 0.2) is 0 Å². The van der Waals surface area contributed by atoms with E-state index in [1.807, 2.05) is 4.90 Å². The van der Waals surface area contributed by atoms with Crippen LogP contribution in [0.2, 0.25) is 5.02 Å². The highest BCUT2D eigenvalue weighted by Crippen LogP contribution is 2.35. The molecule has 1 N–H and O–H groups in total. The van der Waals surface area contributed by atoms with Crippen molar-refractivity contribution in [3.8, 4) is 0 Å². The molecule has 2 aliphatic heterocycles. The fourth-order valence-electron chi connectivity index (χ4n) is 4.11. The Balaban J connectivity index is 1.65. The Hall–Kier alpha value is -2.91. The smallest absolute Gasteiger partial charge is 0.307 e. The van der Waals surface area contributed by atoms with Crippen molar-refractivity contribution >= 4 is 45.0 Å². The SMILES string of the molecule is COC(=O)CC(NC(=O)c1ccc2c(c1)S(=O)(=O)N=C1CCCCCN12)c1ccccc1Cl. The first-order valence-electron chi connectivity index (χ1n) is 10.7. The van der Waals surface area contributed by atoms with Crippen molar-refractivity contribution in [1.29, 1.82) is 0 Å². The number of carbonyl (C=O) groups is 2. The third-order valence-corrected chi connectivity index (χ3v) is 7.47. The van der Waals surface area contributed by atoms with Crippen LogP contribution in [0.1, 0.15) is 54.1 Å². The minimum atomic E-state index is -3.92. The van der Waals surface area contributed by atoms with Gasteiger partial charge in [0, 0.05) is 23.6 Å². The molecule has 0 aliphatic carbocycles. The molecule has 0 bridgehead atoms. The molecule has 174 valence electrons. The average Bonchev–Trinajstić information content (AvgIpc) is 3.03. The number of halogens is 1. The molecule has 8 nitrogen and oxygen atoms in total. The van der Waals surface area contributed by atoms with Gasteiger partial charge in [-0.3, -0.25) is 9.59 Å². The van der Waals surface area contributed by atoms with E-state index in [0.29, 0.717) is 35.1 Å². The number of fused-ring (bicyclic) bond motifs is 3. The molecular formula is C23H24ClN3O5S. The summed E-state index contributed by atoms with van der Waals surface area (Å²) in [5.41, 5.74) is 1.24. The summed E-state index contributed by atoms with van der Waals surface area (Å²) in [7, 11) is -2.66. The van der Waals surface area contributed by atoms with E-state index in [4.69, 9.17) is 16.3 Å². The number of anilines is 1. The number of methoxy groups -OCH3 is 1. The monoisotopic (exact) mass is 489 g/mol. The van der Waals surface area contributed by atoms with E-state index in [0.717, 1.165) is 19.3 Å². The highest BCUT2D eigenvalue weighted by atomic mass is 35.5. The molecule has 0 radical (unpaired) electrons. The van der Waals surface area contributed by atoms with E-state index in [1.165, 1.54) is 13.2 Å². The Labute approximate surface area is 197 Å². The largest absolute Gasteiger partial charge is 0.469 e. The Bertz CT molecular complexity index is 1230. The topological polar surface area (TPSA) is 105 Å². The van der Waals surface area contributed by atoms with Gasteiger partial charge in [-0.1, -0.05) is 36.2 Å². The van der Waals surface area contributed by atoms with Crippen molar-refractivity contribution in [3.05, 3.63) is 58.6 Å². The molecule has 4 rings (SSSR count). The fourth-order valence-corrected chi connectivity index (χ4v) is 5.66. The van der Waals surface area contributed by atoms with Gasteiger partial charge in [-0.05, 0) is 42.7 Å². The molecule has 2 aromatic carbocycles. The molecule has 1 fully saturated rings. The number of hydrogen-bond donors (Lipinski definition) is 1. The van der Waals surface area contributed by atoms with E-state index < -0.39 is 27.9 Å². The van der Waals surface area contributed by atoms with Crippen LogP contribution in [0, 0.1) is 0 Å². The first kappa shape index (κ1) is 23.3. The fraction of sp³-hybridized carbons (Fsp3) is 0.348. The summed E-state index contributed by atoms with van der Waals surface area (Å²) in [6, 6.07) is 10.7. The molecule has 1 amide bonds. The second-order valence-corrected chi connectivity index (χ2v) is 9.93. The van der Waals surface area contributed by atoms with E-state index in [2.05, 4.69) is 9.71 Å². The molecule has 0 aromatic heterocycles. The molecule has 0 spiro atoms. The second-order valence-electron chi connectivity index (χ2n) is 7.96. The molecule has 0 saturated carbocycles. The van der Waals surface area contributed by atoms with Gasteiger partial charge in [0.05, 0.1) is 25.3 Å². The van der Waals surface area contributed by atoms with Crippen molar-refractivity contribution in [2.75, 3.05) is 18.6 Å². The third kappa shape index (κ3) is 4.89. The number of amidine groups is 1. The van der Waals surface area contributed by atoms with Crippen molar-refractivity contribution in [2.45, 2.75) is 43.0 Å². The highest BCUT2D eigenvalue weighted by Gasteiger charge is 2.32. The van der Waals surface area contributed by atoms with E-state index in [9.17, 15) is 18.0 Å².